The van der Waals surface area contributed by atoms with Crippen molar-refractivity contribution < 1.29 is 96.8 Å². The maximum absolute atomic E-state index is 13.0. The van der Waals surface area contributed by atoms with Crippen LogP contribution in [0.5, 0.6) is 0 Å². The largest absolute Gasteiger partial charge is 0.481 e. The molecule has 0 saturated heterocycles. The molecule has 4 N–H and O–H groups in total. The van der Waals surface area contributed by atoms with Crippen LogP contribution in [-0.4, -0.2) is 161 Å². The first-order chi connectivity index (χ1) is 50.7. The Morgan fingerprint density at radius 2 is 0.897 bits per heavy atom. The molecule has 0 saturated carbocycles. The number of aliphatic hydroxyl groups is 2. The third kappa shape index (κ3) is 37.1. The van der Waals surface area contributed by atoms with Gasteiger partial charge in [-0.1, -0.05) is 159 Å². The van der Waals surface area contributed by atoms with Gasteiger partial charge in [0.2, 0.25) is 0 Å². The van der Waals surface area contributed by atoms with Gasteiger partial charge < -0.3 is 48.8 Å². The van der Waals surface area contributed by atoms with Crippen LogP contribution in [0.3, 0.4) is 0 Å². The van der Waals surface area contributed by atoms with Gasteiger partial charge in [-0.15, -0.1) is 11.8 Å². The molecule has 2 aliphatic rings. The average Bonchev–Trinajstić information content (AvgIpc) is 1.67. The van der Waals surface area contributed by atoms with Gasteiger partial charge in [-0.25, -0.2) is 19.2 Å². The van der Waals surface area contributed by atoms with E-state index in [0.717, 1.165) is 36.8 Å². The van der Waals surface area contributed by atoms with Crippen molar-refractivity contribution in [3.05, 3.63) is 167 Å². The van der Waals surface area contributed by atoms with Crippen molar-refractivity contribution in [2.75, 3.05) is 66.9 Å². The van der Waals surface area contributed by atoms with Crippen LogP contribution in [0.4, 0.5) is 11.4 Å². The molecule has 2 amide bonds. The molecule has 0 aromatic heterocycles. The standard InChI is InChI=1S/C36H46N2O8S.C25H24N2O6.C10H20O2S.C6H12O2.C4H6O2/c1-5-6-7-8-9-13-20-44-32(40)24-47-25-36(3,4)35(43)46-23-30(39)22-45-34(42)28-16-18-29(19-17-28)38-33(41)31(26(2)37-38)21-27-14-11-10-12-15-27;1-16(2)24(30)32-14-21(28)15-33-25(31)19-9-11-20(12-10-19)27-23(29)22(17(3)26-27)13-18-7-5-4-6-8-18;1-2-3-4-5-6-7-8-12-10(11)9-13;1-4-6(2,3)5(7)8;1-3(2)4(5)6/h10-12,14-19,21,30,39H,5-9,13,20,22-25H2,1-4H3;4-13,21,28H,1,14-15H2,2-3H3;13H,2-9H2,1H3;4H2,1-3H3,(H,7,8);1H2,2H3,(H,5,6)/b31-21-;22-13-;;;. The molecule has 24 nitrogen and oxygen atoms in total. The average molecular weight is 1520 g/mol. The molecule has 6 rings (SSSR count). The minimum absolute atomic E-state index is 0.139. The van der Waals surface area contributed by atoms with Crippen LogP contribution in [0, 0.1) is 10.8 Å². The van der Waals surface area contributed by atoms with Crippen molar-refractivity contribution in [2.24, 2.45) is 21.0 Å². The summed E-state index contributed by atoms with van der Waals surface area (Å²) in [6.45, 7) is 25.7. The van der Waals surface area contributed by atoms with E-state index in [1.54, 1.807) is 78.0 Å². The van der Waals surface area contributed by atoms with Crippen LogP contribution in [-0.2, 0) is 66.8 Å². The Bertz CT molecular complexity index is 3650. The number of aliphatic hydroxyl groups excluding tert-OH is 2. The molecular weight excluding hydrogens is 1410 g/mol. The number of thioether (sulfide) groups is 1. The highest BCUT2D eigenvalue weighted by Crippen LogP contribution is 2.29. The Morgan fingerprint density at radius 3 is 1.25 bits per heavy atom. The summed E-state index contributed by atoms with van der Waals surface area (Å²) < 4.78 is 30.5. The number of carbonyl (C=O) groups excluding carboxylic acids is 8. The minimum atomic E-state index is -1.23. The molecule has 4 aromatic carbocycles. The van der Waals surface area contributed by atoms with Crippen LogP contribution in [0.1, 0.15) is 191 Å². The fourth-order valence-electron chi connectivity index (χ4n) is 8.72. The zero-order chi connectivity index (χ0) is 80.1. The van der Waals surface area contributed by atoms with Gasteiger partial charge in [-0.3, -0.25) is 28.8 Å². The minimum Gasteiger partial charge on any atom is -0.481 e. The molecule has 2 atom stereocenters. The number of anilines is 2. The Kier molecular flexibility index (Phi) is 44.5. The monoisotopic (exact) mass is 1520 g/mol. The predicted molar refractivity (Wildman–Crippen MR) is 420 cm³/mol. The maximum Gasteiger partial charge on any atom is 0.338 e. The van der Waals surface area contributed by atoms with Gasteiger partial charge in [0.1, 0.15) is 38.6 Å². The quantitative estimate of drug-likeness (QED) is 0.00915. The summed E-state index contributed by atoms with van der Waals surface area (Å²) >= 11 is 5.10. The van der Waals surface area contributed by atoms with E-state index in [2.05, 4.69) is 49.8 Å². The summed E-state index contributed by atoms with van der Waals surface area (Å²) in [5.74, 6) is -4.57. The highest BCUT2D eigenvalue weighted by molar-refractivity contribution is 8.00. The fraction of sp³-hybridized carbons (Fsp3) is 0.457. The number of thiol groups is 1. The van der Waals surface area contributed by atoms with Gasteiger partial charge in [0.25, 0.3) is 11.8 Å². The lowest BCUT2D eigenvalue weighted by molar-refractivity contribution is -0.156. The summed E-state index contributed by atoms with van der Waals surface area (Å²) in [5, 5.41) is 47.6. The zero-order valence-corrected chi connectivity index (χ0v) is 65.3. The van der Waals surface area contributed by atoms with Gasteiger partial charge in [0.05, 0.1) is 80.6 Å². The highest BCUT2D eigenvalue weighted by Gasteiger charge is 2.33. The molecule has 107 heavy (non-hydrogen) atoms. The van der Waals surface area contributed by atoms with Crippen LogP contribution in [0.25, 0.3) is 12.2 Å². The number of esters is 6. The lowest BCUT2D eigenvalue weighted by atomic mass is 9.91. The molecular formula is C81H108N4O20S2. The first kappa shape index (κ1) is 93.6. The normalized spacial score (nSPS) is 13.6. The van der Waals surface area contributed by atoms with Crippen molar-refractivity contribution in [1.29, 1.82) is 0 Å². The van der Waals surface area contributed by atoms with E-state index in [1.165, 1.54) is 111 Å². The predicted octanol–water partition coefficient (Wildman–Crippen LogP) is 14.3. The third-order valence-electron chi connectivity index (χ3n) is 15.7. The van der Waals surface area contributed by atoms with Gasteiger partial charge in [-0.2, -0.15) is 32.8 Å². The number of hydrogen-bond donors (Lipinski definition) is 5. The van der Waals surface area contributed by atoms with Crippen LogP contribution < -0.4 is 10.0 Å². The fourth-order valence-corrected chi connectivity index (χ4v) is 9.79. The van der Waals surface area contributed by atoms with Crippen molar-refractivity contribution in [2.45, 2.75) is 172 Å². The molecule has 0 fully saturated rings. The Labute approximate surface area is 639 Å². The summed E-state index contributed by atoms with van der Waals surface area (Å²) in [4.78, 5) is 117. The molecule has 2 heterocycles. The van der Waals surface area contributed by atoms with E-state index in [1.807, 2.05) is 67.6 Å². The number of unbranched alkanes of at least 4 members (excludes halogenated alkanes) is 10. The Balaban J connectivity index is 0.000000554. The number of ether oxygens (including phenoxy) is 6. The summed E-state index contributed by atoms with van der Waals surface area (Å²) in [7, 11) is 0. The summed E-state index contributed by atoms with van der Waals surface area (Å²) in [6.07, 6.45) is 15.8. The number of amides is 2. The lowest BCUT2D eigenvalue weighted by Gasteiger charge is -2.23. The van der Waals surface area contributed by atoms with Crippen LogP contribution in [0.2, 0.25) is 0 Å². The Morgan fingerprint density at radius 1 is 0.523 bits per heavy atom. The number of benzene rings is 4. The second-order valence-corrected chi connectivity index (χ2v) is 27.6. The van der Waals surface area contributed by atoms with Gasteiger partial charge in [-0.05, 0) is 146 Å². The van der Waals surface area contributed by atoms with Crippen molar-refractivity contribution >= 4 is 119 Å². The maximum atomic E-state index is 13.0. The molecule has 2 unspecified atom stereocenters. The van der Waals surface area contributed by atoms with Crippen molar-refractivity contribution in [3.63, 3.8) is 0 Å². The molecule has 2 aliphatic heterocycles. The van der Waals surface area contributed by atoms with E-state index < -0.39 is 58.9 Å². The van der Waals surface area contributed by atoms with Crippen LogP contribution in [0.15, 0.2) is 155 Å². The molecule has 0 bridgehead atoms. The molecule has 0 spiro atoms. The molecule has 584 valence electrons. The highest BCUT2D eigenvalue weighted by atomic mass is 32.2. The van der Waals surface area contributed by atoms with Crippen molar-refractivity contribution in [1.82, 2.24) is 0 Å². The van der Waals surface area contributed by atoms with Crippen LogP contribution >= 0.6 is 24.4 Å². The number of aliphatic carboxylic acids is 2. The second kappa shape index (κ2) is 50.9. The lowest BCUT2D eigenvalue weighted by Crippen LogP contribution is -2.33. The second-order valence-electron chi connectivity index (χ2n) is 26.3. The van der Waals surface area contributed by atoms with Crippen molar-refractivity contribution in [3.8, 4) is 0 Å². The molecule has 0 aliphatic carbocycles. The van der Waals surface area contributed by atoms with Gasteiger partial charge in [0, 0.05) is 16.9 Å². The van der Waals surface area contributed by atoms with E-state index in [4.69, 9.17) is 38.6 Å². The van der Waals surface area contributed by atoms with Gasteiger partial charge in [0.15, 0.2) is 0 Å². The van der Waals surface area contributed by atoms with E-state index in [-0.39, 0.29) is 84.0 Å². The topological polar surface area (TPSA) is 338 Å². The SMILES string of the molecule is C=C(C)C(=O)O.C=C(C)C(=O)OCC(O)COC(=O)c1ccc(N2N=C(C)/C(=C/c3ccccc3)C2=O)cc1.CCC(C)(C)C(=O)O.CCCCCCCCOC(=O)CS.CCCCCCCCOC(=O)CSCC(C)(C)C(=O)OCC(O)COC(=O)c1ccc(N2N=C(C)/C(=C/c3ccccc3)C2=O)cc1. The first-order valence-corrected chi connectivity index (χ1v) is 37.4. The Hall–Kier alpha value is -9.50. The smallest absolute Gasteiger partial charge is 0.338 e. The third-order valence-corrected chi connectivity index (χ3v) is 17.4. The number of carbonyl (C=O) groups is 10. The number of rotatable bonds is 38. The van der Waals surface area contributed by atoms with E-state index >= 15 is 0 Å². The van der Waals surface area contributed by atoms with Gasteiger partial charge >= 0.3 is 47.8 Å². The summed E-state index contributed by atoms with van der Waals surface area (Å²) in [5.41, 5.74) is 4.30. The molecule has 4 aromatic rings. The first-order valence-electron chi connectivity index (χ1n) is 35.6. The number of hydrogen-bond acceptors (Lipinski definition) is 22. The number of hydrazone groups is 2. The molecule has 0 radical (unpaired) electrons. The summed E-state index contributed by atoms with van der Waals surface area (Å²) in [6, 6.07) is 31.3. The zero-order valence-electron chi connectivity index (χ0n) is 63.6. The van der Waals surface area contributed by atoms with E-state index in [0.29, 0.717) is 59.3 Å². The number of nitrogens with zero attached hydrogens (tertiary/aromatic N) is 4. The number of carboxylic acids is 2. The molecule has 26 heteroatoms. The van der Waals surface area contributed by atoms with E-state index in [9.17, 15) is 58.2 Å². The number of carboxylic acid groups (broad SMARTS) is 2.